The normalized spacial score (nSPS) is 14.3. The minimum atomic E-state index is -0.249. The van der Waals surface area contributed by atoms with Crippen LogP contribution in [0.2, 0.25) is 5.02 Å². The number of para-hydroxylation sites is 2. The number of carbonyl (C=O) groups excluding carboxylic acids is 1. The molecule has 0 unspecified atom stereocenters. The number of Topliss-reactive ketones (excluding diaryl/α,β-unsaturated/α-hetero) is 1. The zero-order valence-corrected chi connectivity index (χ0v) is 13.3. The first-order valence-electron chi connectivity index (χ1n) is 7.13. The molecule has 0 radical (unpaired) electrons. The lowest BCUT2D eigenvalue weighted by Crippen LogP contribution is -2.10. The van der Waals surface area contributed by atoms with Crippen molar-refractivity contribution in [1.82, 2.24) is 19.5 Å². The Balaban J connectivity index is 1.77. The average molecular weight is 343 g/mol. The Morgan fingerprint density at radius 1 is 1.29 bits per heavy atom. The van der Waals surface area contributed by atoms with E-state index in [2.05, 4.69) is 15.0 Å². The number of hydrogen-bond donors (Lipinski definition) is 0. The fourth-order valence-electron chi connectivity index (χ4n) is 2.41. The van der Waals surface area contributed by atoms with Crippen molar-refractivity contribution in [1.29, 1.82) is 0 Å². The van der Waals surface area contributed by atoms with Gasteiger partial charge >= 0.3 is 6.01 Å². The lowest BCUT2D eigenvalue weighted by atomic mass is 10.3. The van der Waals surface area contributed by atoms with Gasteiger partial charge in [-0.1, -0.05) is 23.7 Å². The van der Waals surface area contributed by atoms with Gasteiger partial charge in [0.15, 0.2) is 12.4 Å². The van der Waals surface area contributed by atoms with Crippen molar-refractivity contribution < 1.29 is 14.3 Å². The molecular weight excluding hydrogens is 332 g/mol. The van der Waals surface area contributed by atoms with Crippen molar-refractivity contribution in [3.8, 4) is 11.8 Å². The summed E-state index contributed by atoms with van der Waals surface area (Å²) in [6.07, 6.45) is 3.04. The number of nitrogens with zero attached hydrogens (tertiary/aromatic N) is 4. The second-order valence-electron chi connectivity index (χ2n) is 5.13. The molecule has 0 aliphatic carbocycles. The number of fused-ring (bicyclic) bond motifs is 1. The molecule has 3 heterocycles. The number of allylic oxidation sites excluding steroid dienone is 1. The molecule has 0 spiro atoms. The van der Waals surface area contributed by atoms with Gasteiger partial charge in [0.1, 0.15) is 17.1 Å². The fourth-order valence-corrected chi connectivity index (χ4v) is 2.59. The Hall–Kier alpha value is -2.93. The summed E-state index contributed by atoms with van der Waals surface area (Å²) in [4.78, 5) is 24.4. The summed E-state index contributed by atoms with van der Waals surface area (Å²) in [5, 5.41) is 0.338. The largest absolute Gasteiger partial charge is 0.486 e. The standard InChI is InChI=1S/C16H11ClN4O3/c1-9-14(13(22)7-23-9)24-16-18-6-10(17)15(20-16)21-8-19-11-4-2-3-5-12(11)21/h2-6,8H,7H2,1H3. The number of ether oxygens (including phenoxy) is 2. The highest BCUT2D eigenvalue weighted by molar-refractivity contribution is 6.32. The molecule has 0 bridgehead atoms. The first-order valence-corrected chi connectivity index (χ1v) is 7.51. The van der Waals surface area contributed by atoms with Gasteiger partial charge in [-0.3, -0.25) is 9.36 Å². The first kappa shape index (κ1) is 14.6. The fraction of sp³-hybridized carbons (Fsp3) is 0.125. The molecular formula is C16H11ClN4O3. The molecule has 7 nitrogen and oxygen atoms in total. The van der Waals surface area contributed by atoms with Crippen LogP contribution in [0.25, 0.3) is 16.9 Å². The number of aromatic nitrogens is 4. The van der Waals surface area contributed by atoms with E-state index in [1.165, 1.54) is 6.20 Å². The van der Waals surface area contributed by atoms with E-state index in [1.54, 1.807) is 17.8 Å². The van der Waals surface area contributed by atoms with Crippen molar-refractivity contribution in [3.63, 3.8) is 0 Å². The Morgan fingerprint density at radius 3 is 2.92 bits per heavy atom. The molecule has 0 amide bonds. The molecule has 0 fully saturated rings. The van der Waals surface area contributed by atoms with Gasteiger partial charge in [-0.2, -0.15) is 4.98 Å². The van der Waals surface area contributed by atoms with E-state index in [0.717, 1.165) is 11.0 Å². The van der Waals surface area contributed by atoms with Crippen LogP contribution in [0.3, 0.4) is 0 Å². The van der Waals surface area contributed by atoms with E-state index in [0.29, 0.717) is 16.6 Å². The van der Waals surface area contributed by atoms with Crippen LogP contribution in [0.15, 0.2) is 48.3 Å². The Bertz CT molecular complexity index is 996. The van der Waals surface area contributed by atoms with Gasteiger partial charge in [0.25, 0.3) is 0 Å². The Morgan fingerprint density at radius 2 is 2.12 bits per heavy atom. The molecule has 0 N–H and O–H groups in total. The van der Waals surface area contributed by atoms with Crippen molar-refractivity contribution in [2.75, 3.05) is 6.61 Å². The van der Waals surface area contributed by atoms with Gasteiger partial charge < -0.3 is 9.47 Å². The van der Waals surface area contributed by atoms with Crippen molar-refractivity contribution in [2.24, 2.45) is 0 Å². The van der Waals surface area contributed by atoms with Gasteiger partial charge in [-0.15, -0.1) is 0 Å². The lowest BCUT2D eigenvalue weighted by Gasteiger charge is -2.08. The van der Waals surface area contributed by atoms with E-state index in [9.17, 15) is 4.79 Å². The summed E-state index contributed by atoms with van der Waals surface area (Å²) >= 11 is 6.23. The van der Waals surface area contributed by atoms with Gasteiger partial charge in [-0.25, -0.2) is 9.97 Å². The number of rotatable bonds is 3. The van der Waals surface area contributed by atoms with Crippen LogP contribution < -0.4 is 4.74 Å². The third kappa shape index (κ3) is 2.39. The second kappa shape index (κ2) is 5.61. The second-order valence-corrected chi connectivity index (χ2v) is 5.53. The number of ketones is 1. The molecule has 1 aromatic carbocycles. The van der Waals surface area contributed by atoms with E-state index >= 15 is 0 Å². The van der Waals surface area contributed by atoms with Crippen LogP contribution in [0, 0.1) is 0 Å². The van der Waals surface area contributed by atoms with Gasteiger partial charge in [-0.05, 0) is 19.1 Å². The number of benzene rings is 1. The van der Waals surface area contributed by atoms with E-state index in [4.69, 9.17) is 21.1 Å². The molecule has 8 heteroatoms. The first-order chi connectivity index (χ1) is 11.6. The van der Waals surface area contributed by atoms with Gasteiger partial charge in [0.05, 0.1) is 17.2 Å². The molecule has 4 rings (SSSR count). The molecule has 0 atom stereocenters. The number of hydrogen-bond acceptors (Lipinski definition) is 6. The molecule has 3 aromatic rings. The molecule has 2 aromatic heterocycles. The zero-order valence-electron chi connectivity index (χ0n) is 12.6. The molecule has 24 heavy (non-hydrogen) atoms. The average Bonchev–Trinajstić information content (AvgIpc) is 3.15. The smallest absolute Gasteiger partial charge is 0.324 e. The summed E-state index contributed by atoms with van der Waals surface area (Å²) in [5.74, 6) is 0.688. The van der Waals surface area contributed by atoms with Crippen molar-refractivity contribution in [3.05, 3.63) is 53.3 Å². The van der Waals surface area contributed by atoms with Crippen LogP contribution in [-0.4, -0.2) is 31.9 Å². The van der Waals surface area contributed by atoms with Crippen LogP contribution in [-0.2, 0) is 9.53 Å². The number of halogens is 1. The van der Waals surface area contributed by atoms with Crippen LogP contribution in [0.1, 0.15) is 6.92 Å². The van der Waals surface area contributed by atoms with E-state index in [-0.39, 0.29) is 24.2 Å². The van der Waals surface area contributed by atoms with Crippen molar-refractivity contribution in [2.45, 2.75) is 6.92 Å². The highest BCUT2D eigenvalue weighted by Crippen LogP contribution is 2.25. The van der Waals surface area contributed by atoms with Crippen molar-refractivity contribution >= 4 is 28.4 Å². The minimum Gasteiger partial charge on any atom is -0.486 e. The zero-order chi connectivity index (χ0) is 16.7. The third-order valence-corrected chi connectivity index (χ3v) is 3.84. The third-order valence-electron chi connectivity index (χ3n) is 3.57. The molecule has 0 saturated heterocycles. The Labute approximate surface area is 141 Å². The summed E-state index contributed by atoms with van der Waals surface area (Å²) in [7, 11) is 0. The molecule has 120 valence electrons. The lowest BCUT2D eigenvalue weighted by molar-refractivity contribution is -0.118. The summed E-state index contributed by atoms with van der Waals surface area (Å²) in [6, 6.07) is 7.61. The predicted octanol–water partition coefficient (Wildman–Crippen LogP) is 2.68. The van der Waals surface area contributed by atoms with Gasteiger partial charge in [0, 0.05) is 0 Å². The topological polar surface area (TPSA) is 79.1 Å². The minimum absolute atomic E-state index is 0.0142. The van der Waals surface area contributed by atoms with Crippen LogP contribution >= 0.6 is 11.6 Å². The highest BCUT2D eigenvalue weighted by Gasteiger charge is 2.25. The SMILES string of the molecule is CC1=C(Oc2ncc(Cl)c(-n3cnc4ccccc43)n2)C(=O)CO1. The number of carbonyl (C=O) groups is 1. The monoisotopic (exact) mass is 342 g/mol. The summed E-state index contributed by atoms with van der Waals surface area (Å²) < 4.78 is 12.4. The maximum absolute atomic E-state index is 11.7. The predicted molar refractivity (Wildman–Crippen MR) is 86.0 cm³/mol. The Kier molecular flexibility index (Phi) is 3.42. The summed E-state index contributed by atoms with van der Waals surface area (Å²) in [6.45, 7) is 1.62. The number of imidazole rings is 1. The quantitative estimate of drug-likeness (QED) is 0.728. The summed E-state index contributed by atoms with van der Waals surface area (Å²) in [5.41, 5.74) is 1.66. The maximum Gasteiger partial charge on any atom is 0.324 e. The molecule has 1 aliphatic heterocycles. The van der Waals surface area contributed by atoms with Gasteiger partial charge in [0.2, 0.25) is 11.5 Å². The maximum atomic E-state index is 11.7. The van der Waals surface area contributed by atoms with Crippen LogP contribution in [0.4, 0.5) is 0 Å². The highest BCUT2D eigenvalue weighted by atomic mass is 35.5. The van der Waals surface area contributed by atoms with Crippen LogP contribution in [0.5, 0.6) is 6.01 Å². The molecule has 1 aliphatic rings. The van der Waals surface area contributed by atoms with E-state index < -0.39 is 0 Å². The van der Waals surface area contributed by atoms with E-state index in [1.807, 2.05) is 24.3 Å². The molecule has 0 saturated carbocycles.